The van der Waals surface area contributed by atoms with Gasteiger partial charge in [0.1, 0.15) is 12.4 Å². The summed E-state index contributed by atoms with van der Waals surface area (Å²) in [5.41, 5.74) is 0. The van der Waals surface area contributed by atoms with E-state index in [4.69, 9.17) is 9.47 Å². The van der Waals surface area contributed by atoms with Crippen LogP contribution in [0.2, 0.25) is 0 Å². The number of ether oxygens (including phenoxy) is 2. The molecule has 0 fully saturated rings. The second-order valence-corrected chi connectivity index (χ2v) is 5.78. The van der Waals surface area contributed by atoms with Crippen molar-refractivity contribution in [2.75, 3.05) is 13.2 Å². The van der Waals surface area contributed by atoms with Gasteiger partial charge >= 0.3 is 0 Å². The Kier molecular flexibility index (Phi) is 12.1. The maximum Gasteiger partial charge on any atom is 0.243 e. The number of aromatic nitrogens is 2. The number of hydrogen-bond donors (Lipinski definition) is 0. The van der Waals surface area contributed by atoms with Gasteiger partial charge in [-0.1, -0.05) is 13.8 Å². The van der Waals surface area contributed by atoms with Gasteiger partial charge in [0.25, 0.3) is 0 Å². The molecule has 130 valence electrons. The molecule has 0 radical (unpaired) electrons. The summed E-state index contributed by atoms with van der Waals surface area (Å²) in [5, 5.41) is 0. The molecule has 5 heteroatoms. The second-order valence-electron chi connectivity index (χ2n) is 5.78. The standard InChI is InChI=1S/C17H33N2O2.H2O/c1-5-16(3)20-13-7-9-18-11-12-19(15-18)10-8-14-21-17(4)6-2;/h11-12,15-17H,5-10,13-14H2,1-4H3;1H2/q+1;/p-1. The third kappa shape index (κ3) is 9.18. The first-order valence-electron chi connectivity index (χ1n) is 8.43. The van der Waals surface area contributed by atoms with Crippen LogP contribution >= 0.6 is 0 Å². The normalized spacial score (nSPS) is 13.6. The monoisotopic (exact) mass is 314 g/mol. The Labute approximate surface area is 135 Å². The van der Waals surface area contributed by atoms with Gasteiger partial charge in [0.05, 0.1) is 38.5 Å². The molecule has 5 nitrogen and oxygen atoms in total. The van der Waals surface area contributed by atoms with E-state index >= 15 is 0 Å². The zero-order valence-corrected chi connectivity index (χ0v) is 14.7. The van der Waals surface area contributed by atoms with E-state index in [1.54, 1.807) is 0 Å². The first-order valence-corrected chi connectivity index (χ1v) is 8.43. The summed E-state index contributed by atoms with van der Waals surface area (Å²) in [6, 6.07) is 0. The lowest BCUT2D eigenvalue weighted by molar-refractivity contribution is -0.697. The third-order valence-electron chi connectivity index (χ3n) is 3.82. The molecular weight excluding hydrogens is 280 g/mol. The summed E-state index contributed by atoms with van der Waals surface area (Å²) in [7, 11) is 0. The molecule has 0 aliphatic heterocycles. The molecule has 2 atom stereocenters. The minimum Gasteiger partial charge on any atom is -0.870 e. The number of imidazole rings is 1. The van der Waals surface area contributed by atoms with Crippen LogP contribution in [0.25, 0.3) is 0 Å². The Bertz CT molecular complexity index is 336. The molecule has 1 N–H and O–H groups in total. The summed E-state index contributed by atoms with van der Waals surface area (Å²) in [5.74, 6) is 0. The van der Waals surface area contributed by atoms with Crippen molar-refractivity contribution in [2.45, 2.75) is 78.7 Å². The smallest absolute Gasteiger partial charge is 0.243 e. The lowest BCUT2D eigenvalue weighted by atomic mass is 10.3. The van der Waals surface area contributed by atoms with E-state index in [1.165, 1.54) is 0 Å². The van der Waals surface area contributed by atoms with Gasteiger partial charge in [-0.2, -0.15) is 0 Å². The molecule has 0 aliphatic rings. The fraction of sp³-hybridized carbons (Fsp3) is 0.824. The van der Waals surface area contributed by atoms with Crippen molar-refractivity contribution in [1.29, 1.82) is 0 Å². The maximum absolute atomic E-state index is 5.70. The molecule has 0 bridgehead atoms. The Morgan fingerprint density at radius 1 is 1.00 bits per heavy atom. The van der Waals surface area contributed by atoms with Crippen molar-refractivity contribution in [3.63, 3.8) is 0 Å². The average Bonchev–Trinajstić information content (AvgIpc) is 2.95. The molecule has 0 spiro atoms. The van der Waals surface area contributed by atoms with Gasteiger partial charge in [-0.3, -0.25) is 0 Å². The van der Waals surface area contributed by atoms with Crippen LogP contribution in [0.4, 0.5) is 0 Å². The predicted octanol–water partition coefficient (Wildman–Crippen LogP) is 3.01. The predicted molar refractivity (Wildman–Crippen MR) is 87.2 cm³/mol. The molecule has 1 aromatic heterocycles. The SMILES string of the molecule is CCC(C)OCCCn1cc[n+](CCCOC(C)CC)c1.[OH-]. The van der Waals surface area contributed by atoms with Crippen LogP contribution in [-0.2, 0) is 22.6 Å². The van der Waals surface area contributed by atoms with Gasteiger partial charge < -0.3 is 14.9 Å². The summed E-state index contributed by atoms with van der Waals surface area (Å²) in [6.07, 6.45) is 11.5. The van der Waals surface area contributed by atoms with E-state index in [2.05, 4.69) is 55.6 Å². The fourth-order valence-electron chi connectivity index (χ4n) is 2.00. The van der Waals surface area contributed by atoms with Crippen LogP contribution in [0.3, 0.4) is 0 Å². The molecule has 0 amide bonds. The van der Waals surface area contributed by atoms with Crippen molar-refractivity contribution in [1.82, 2.24) is 4.57 Å². The van der Waals surface area contributed by atoms with Crippen LogP contribution in [-0.4, -0.2) is 35.5 Å². The molecule has 1 rings (SSSR count). The number of rotatable bonds is 12. The summed E-state index contributed by atoms with van der Waals surface area (Å²) < 4.78 is 15.9. The lowest BCUT2D eigenvalue weighted by Gasteiger charge is -2.09. The average molecular weight is 314 g/mol. The lowest BCUT2D eigenvalue weighted by Crippen LogP contribution is -2.32. The fourth-order valence-corrected chi connectivity index (χ4v) is 2.00. The number of aryl methyl sites for hydroxylation is 2. The first-order chi connectivity index (χ1) is 10.2. The molecule has 0 saturated carbocycles. The van der Waals surface area contributed by atoms with Crippen LogP contribution in [0.15, 0.2) is 18.7 Å². The minimum atomic E-state index is 0. The van der Waals surface area contributed by atoms with Gasteiger partial charge in [-0.05, 0) is 26.7 Å². The highest BCUT2D eigenvalue weighted by Crippen LogP contribution is 1.99. The highest BCUT2D eigenvalue weighted by Gasteiger charge is 2.05. The Balaban J connectivity index is 0.00000441. The van der Waals surface area contributed by atoms with E-state index in [9.17, 15) is 0 Å². The van der Waals surface area contributed by atoms with Crippen molar-refractivity contribution in [3.8, 4) is 0 Å². The summed E-state index contributed by atoms with van der Waals surface area (Å²) in [4.78, 5) is 0. The minimum absolute atomic E-state index is 0. The highest BCUT2D eigenvalue weighted by atomic mass is 16.5. The quantitative estimate of drug-likeness (QED) is 0.440. The van der Waals surface area contributed by atoms with E-state index in [-0.39, 0.29) is 5.48 Å². The Morgan fingerprint density at radius 3 is 2.18 bits per heavy atom. The largest absolute Gasteiger partial charge is 0.870 e. The topological polar surface area (TPSA) is 57.3 Å². The number of hydrogen-bond acceptors (Lipinski definition) is 3. The van der Waals surface area contributed by atoms with Gasteiger partial charge in [-0.25, -0.2) is 9.13 Å². The van der Waals surface area contributed by atoms with Crippen molar-refractivity contribution in [2.24, 2.45) is 0 Å². The van der Waals surface area contributed by atoms with Crippen LogP contribution in [0, 0.1) is 0 Å². The molecule has 0 aliphatic carbocycles. The molecular formula is C17H34N2O3. The molecule has 0 aromatic carbocycles. The van der Waals surface area contributed by atoms with Crippen molar-refractivity contribution >= 4 is 0 Å². The molecule has 0 saturated heterocycles. The van der Waals surface area contributed by atoms with E-state index < -0.39 is 0 Å². The molecule has 22 heavy (non-hydrogen) atoms. The Morgan fingerprint density at radius 2 is 1.59 bits per heavy atom. The van der Waals surface area contributed by atoms with Gasteiger partial charge in [0.15, 0.2) is 0 Å². The molecule has 1 heterocycles. The van der Waals surface area contributed by atoms with Crippen LogP contribution in [0.5, 0.6) is 0 Å². The molecule has 1 aromatic rings. The summed E-state index contributed by atoms with van der Waals surface area (Å²) in [6.45, 7) is 12.3. The summed E-state index contributed by atoms with van der Waals surface area (Å²) >= 11 is 0. The Hall–Kier alpha value is -0.910. The van der Waals surface area contributed by atoms with Gasteiger partial charge in [-0.15, -0.1) is 0 Å². The van der Waals surface area contributed by atoms with Gasteiger partial charge in [0, 0.05) is 12.8 Å². The maximum atomic E-state index is 5.70. The van der Waals surface area contributed by atoms with Crippen LogP contribution < -0.4 is 4.57 Å². The highest BCUT2D eigenvalue weighted by molar-refractivity contribution is 4.66. The third-order valence-corrected chi connectivity index (χ3v) is 3.82. The van der Waals surface area contributed by atoms with E-state index in [0.717, 1.165) is 52.0 Å². The van der Waals surface area contributed by atoms with Gasteiger partial charge in [0.2, 0.25) is 6.33 Å². The van der Waals surface area contributed by atoms with Crippen molar-refractivity contribution < 1.29 is 19.5 Å². The molecule has 2 unspecified atom stereocenters. The van der Waals surface area contributed by atoms with E-state index in [1.807, 2.05) is 0 Å². The zero-order chi connectivity index (χ0) is 15.5. The number of nitrogens with zero attached hydrogens (tertiary/aromatic N) is 2. The van der Waals surface area contributed by atoms with Crippen LogP contribution in [0.1, 0.15) is 53.4 Å². The van der Waals surface area contributed by atoms with Crippen molar-refractivity contribution in [3.05, 3.63) is 18.7 Å². The van der Waals surface area contributed by atoms with E-state index in [0.29, 0.717) is 12.2 Å². The second kappa shape index (κ2) is 12.6. The first kappa shape index (κ1) is 21.1. The zero-order valence-electron chi connectivity index (χ0n) is 14.7.